The average Bonchev–Trinajstić information content (AvgIpc) is 0.722. The van der Waals surface area contributed by atoms with Gasteiger partial charge in [-0.3, -0.25) is 0 Å². The van der Waals surface area contributed by atoms with Crippen molar-refractivity contribution in [2.75, 3.05) is 0 Å². The van der Waals surface area contributed by atoms with E-state index in [0.29, 0.717) is 0 Å². The van der Waals surface area contributed by atoms with Crippen molar-refractivity contribution in [3.63, 3.8) is 0 Å². The second-order valence-electron chi connectivity index (χ2n) is 0.495. The number of hydrogen-bond acceptors (Lipinski definition) is 0. The normalized spacial score (nSPS) is 8.57. The van der Waals surface area contributed by atoms with Crippen LogP contribution >= 0.6 is 0 Å². The minimum atomic E-state index is -6.00. The first-order valence-corrected chi connectivity index (χ1v) is 0.873. The Morgan fingerprint density at radius 1 is 0.857 bits per heavy atom. The summed E-state index contributed by atoms with van der Waals surface area (Å²) in [6, 6.07) is 0. The molecule has 0 nitrogen and oxygen atoms in total. The van der Waals surface area contributed by atoms with Crippen LogP contribution in [0.15, 0.2) is 0 Å². The zero-order valence-corrected chi connectivity index (χ0v) is 2.09. The third kappa shape index (κ3) is 70.8. The fraction of sp³-hybridized carbons (Fsp3) is 0. The average molecular weight is 203 g/mol. The van der Waals surface area contributed by atoms with Gasteiger partial charge in [0.2, 0.25) is 0 Å². The van der Waals surface area contributed by atoms with Crippen LogP contribution in [0.5, 0.6) is 0 Å². The summed E-state index contributed by atoms with van der Waals surface area (Å²) in [6.45, 7) is 0. The molecule has 0 heterocycles. The van der Waals surface area contributed by atoms with Crippen LogP contribution in [0.2, 0.25) is 0 Å². The number of rotatable bonds is 0. The van der Waals surface area contributed by atoms with Gasteiger partial charge in [-0.1, -0.05) is 0 Å². The topological polar surface area (TPSA) is 0 Å². The molecule has 0 aliphatic rings. The Kier molecular flexibility index (Phi) is 14.1. The predicted molar refractivity (Wildman–Crippen MR) is 27.3 cm³/mol. The Labute approximate surface area is 91.5 Å². The van der Waals surface area contributed by atoms with Gasteiger partial charge in [-0.15, -0.1) is 0 Å². The van der Waals surface area contributed by atoms with Crippen molar-refractivity contribution in [3.05, 3.63) is 0 Å². The summed E-state index contributed by atoms with van der Waals surface area (Å²) in [5.74, 6) is 0. The maximum atomic E-state index is 9.75. The molecule has 0 radical (unpaired) electrons. The molecular weight excluding hydrogens is 199 g/mol. The van der Waals surface area contributed by atoms with Gasteiger partial charge in [-0.05, 0) is 0 Å². The van der Waals surface area contributed by atoms with E-state index in [0.717, 1.165) is 0 Å². The number of halogens is 4. The summed E-state index contributed by atoms with van der Waals surface area (Å²) < 4.78 is 39.0. The van der Waals surface area contributed by atoms with E-state index in [2.05, 4.69) is 0 Å². The van der Waals surface area contributed by atoms with Gasteiger partial charge in [0.1, 0.15) is 0 Å². The van der Waals surface area contributed by atoms with E-state index in [4.69, 9.17) is 0 Å². The van der Waals surface area contributed by atoms with Crippen LogP contribution in [0.3, 0.4) is 0 Å². The Morgan fingerprint density at radius 2 is 0.857 bits per heavy atom. The third-order valence-electron chi connectivity index (χ3n) is 0. The molecule has 0 aromatic rings. The molecule has 0 spiro atoms. The van der Waals surface area contributed by atoms with E-state index in [-0.39, 0.29) is 68.5 Å². The summed E-state index contributed by atoms with van der Waals surface area (Å²) >= 11 is 0. The van der Waals surface area contributed by atoms with Gasteiger partial charge in [-0.2, -0.15) is 0 Å². The van der Waals surface area contributed by atoms with Crippen molar-refractivity contribution >= 4 is 75.8 Å². The van der Waals surface area contributed by atoms with E-state index in [9.17, 15) is 17.3 Å². The molecule has 7 heteroatoms. The van der Waals surface area contributed by atoms with Crippen LogP contribution in [-0.2, 0) is 0 Å². The molecule has 40 valence electrons. The monoisotopic (exact) mass is 203 g/mol. The molecule has 0 aliphatic heterocycles. The SMILES string of the molecule is F[B-](F)(F)F.[MgH2].[SrH2]. The Morgan fingerprint density at radius 3 is 0.857 bits per heavy atom. The molecule has 0 aromatic heterocycles. The van der Waals surface area contributed by atoms with Crippen LogP contribution in [0.1, 0.15) is 0 Å². The van der Waals surface area contributed by atoms with Crippen molar-refractivity contribution < 1.29 is 17.3 Å². The fourth-order valence-corrected chi connectivity index (χ4v) is 0. The number of hydrogen-bond donors (Lipinski definition) is 0. The third-order valence-corrected chi connectivity index (χ3v) is 0. The molecule has 0 bridgehead atoms. The molecule has 0 fully saturated rings. The summed E-state index contributed by atoms with van der Waals surface area (Å²) in [6.07, 6.45) is 0. The van der Waals surface area contributed by atoms with Crippen molar-refractivity contribution in [2.24, 2.45) is 0 Å². The van der Waals surface area contributed by atoms with Gasteiger partial charge in [0.25, 0.3) is 0 Å². The van der Waals surface area contributed by atoms with Gasteiger partial charge in [0, 0.05) is 0 Å². The summed E-state index contributed by atoms with van der Waals surface area (Å²) in [5.41, 5.74) is 0. The van der Waals surface area contributed by atoms with Crippen LogP contribution < -0.4 is 0 Å². The second-order valence-corrected chi connectivity index (χ2v) is 0.495. The first-order valence-electron chi connectivity index (χ1n) is 0.873. The minimum absolute atomic E-state index is 0. The summed E-state index contributed by atoms with van der Waals surface area (Å²) in [4.78, 5) is 0. The fourth-order valence-electron chi connectivity index (χ4n) is 0. The van der Waals surface area contributed by atoms with Crippen LogP contribution in [0.25, 0.3) is 0 Å². The molecule has 0 unspecified atom stereocenters. The Hall–Kier alpha value is 2.03. The standard InChI is InChI=1S/BF4.Mg.Sr.4H/c2-1(3,4)5;;;;;;/q-1;;;;;;. The molecule has 0 saturated carbocycles. The zero-order valence-electron chi connectivity index (χ0n) is 2.09. The van der Waals surface area contributed by atoms with Crippen LogP contribution in [-0.4, -0.2) is 75.8 Å². The first kappa shape index (κ1) is 16.0. The van der Waals surface area contributed by atoms with Gasteiger partial charge in [0.15, 0.2) is 0 Å². The zero-order chi connectivity index (χ0) is 4.50. The van der Waals surface area contributed by atoms with Crippen LogP contribution in [0, 0.1) is 0 Å². The van der Waals surface area contributed by atoms with Crippen molar-refractivity contribution in [3.8, 4) is 0 Å². The molecular formula is H4BF4MgSr-. The quantitative estimate of drug-likeness (QED) is 0.366. The second kappa shape index (κ2) is 6.16. The van der Waals surface area contributed by atoms with E-state index >= 15 is 0 Å². The van der Waals surface area contributed by atoms with E-state index in [1.807, 2.05) is 0 Å². The van der Waals surface area contributed by atoms with Gasteiger partial charge < -0.3 is 17.3 Å². The van der Waals surface area contributed by atoms with E-state index in [1.165, 1.54) is 0 Å². The van der Waals surface area contributed by atoms with E-state index < -0.39 is 7.25 Å². The van der Waals surface area contributed by atoms with Gasteiger partial charge in [-0.25, -0.2) is 0 Å². The molecule has 0 aliphatic carbocycles. The van der Waals surface area contributed by atoms with Crippen molar-refractivity contribution in [1.82, 2.24) is 0 Å². The van der Waals surface area contributed by atoms with Crippen LogP contribution in [0.4, 0.5) is 17.3 Å². The summed E-state index contributed by atoms with van der Waals surface area (Å²) in [7, 11) is -6.00. The molecule has 0 rings (SSSR count). The molecule has 0 saturated heterocycles. The van der Waals surface area contributed by atoms with Gasteiger partial charge in [0.05, 0.1) is 0 Å². The maximum absolute atomic E-state index is 9.75. The van der Waals surface area contributed by atoms with E-state index in [1.54, 1.807) is 0 Å². The molecule has 0 atom stereocenters. The van der Waals surface area contributed by atoms with Gasteiger partial charge >= 0.3 is 75.8 Å². The molecule has 0 amide bonds. The molecule has 7 heavy (non-hydrogen) atoms. The van der Waals surface area contributed by atoms with Crippen molar-refractivity contribution in [1.29, 1.82) is 0 Å². The Balaban J connectivity index is -0.0000000800. The predicted octanol–water partition coefficient (Wildman–Crippen LogP) is -0.532. The first-order chi connectivity index (χ1) is 2.00. The Bertz CT molecular complexity index is 27.2. The molecule has 0 aromatic carbocycles. The molecule has 0 N–H and O–H groups in total. The summed E-state index contributed by atoms with van der Waals surface area (Å²) in [5, 5.41) is 0. The van der Waals surface area contributed by atoms with Crippen molar-refractivity contribution in [2.45, 2.75) is 0 Å².